The van der Waals surface area contributed by atoms with Crippen LogP contribution in [0.15, 0.2) is 0 Å². The molecule has 1 rings (SSSR count). The smallest absolute Gasteiger partial charge is 0.306 e. The zero-order valence-electron chi connectivity index (χ0n) is 38.1. The predicted octanol–water partition coefficient (Wildman–Crippen LogP) is 14.2. The molecular weight excluding hydrogens is 699 g/mol. The third-order valence-corrected chi connectivity index (χ3v) is 11.8. The number of carbonyl (C=O) groups is 2. The third kappa shape index (κ3) is 31.8. The van der Waals surface area contributed by atoms with Crippen LogP contribution < -0.4 is 0 Å². The Labute approximate surface area is 348 Å². The van der Waals surface area contributed by atoms with Crippen LogP contribution in [0.5, 0.6) is 0 Å². The van der Waals surface area contributed by atoms with Crippen molar-refractivity contribution in [3.63, 3.8) is 0 Å². The number of nitrogens with zero attached hydrogens (tertiary/aromatic N) is 1. The van der Waals surface area contributed by atoms with Crippen LogP contribution in [-0.4, -0.2) is 68.7 Å². The summed E-state index contributed by atoms with van der Waals surface area (Å²) >= 11 is 0. The lowest BCUT2D eigenvalue weighted by Gasteiger charge is -2.29. The number of carbonyl (C=O) groups excluding carboxylic acids is 2. The van der Waals surface area contributed by atoms with Gasteiger partial charge in [-0.1, -0.05) is 162 Å². The molecule has 0 aromatic heterocycles. The molecule has 1 aliphatic heterocycles. The largest absolute Gasteiger partial charge is 0.466 e. The van der Waals surface area contributed by atoms with Gasteiger partial charge in [0.2, 0.25) is 0 Å². The summed E-state index contributed by atoms with van der Waals surface area (Å²) in [5.74, 6) is -0.485. The van der Waals surface area contributed by atoms with Crippen LogP contribution in [0.4, 0.5) is 0 Å². The fraction of sp³-hybridized carbons (Fsp3) is 0.959. The number of unbranched alkanes of at least 4 members (excludes halogenated alkanes) is 24. The molecule has 0 amide bonds. The Kier molecular flexibility index (Phi) is 35.9. The number of hydrogen-bond donors (Lipinski definition) is 0. The normalized spacial score (nSPS) is 17.0. The minimum atomic E-state index is -0.468. The first-order valence-corrected chi connectivity index (χ1v) is 24.7. The van der Waals surface area contributed by atoms with Gasteiger partial charge in [0.15, 0.2) is 5.79 Å². The van der Waals surface area contributed by atoms with Gasteiger partial charge >= 0.3 is 11.9 Å². The molecule has 0 aromatic carbocycles. The maximum Gasteiger partial charge on any atom is 0.306 e. The molecule has 1 fully saturated rings. The molecule has 0 N–H and O–H groups in total. The molecule has 0 bridgehead atoms. The second kappa shape index (κ2) is 38.0. The van der Waals surface area contributed by atoms with E-state index in [0.717, 1.165) is 109 Å². The molecule has 0 saturated carbocycles. The Balaban J connectivity index is 2.32. The van der Waals surface area contributed by atoms with Crippen LogP contribution in [0.1, 0.15) is 252 Å². The van der Waals surface area contributed by atoms with E-state index in [4.69, 9.17) is 18.9 Å². The average molecular weight is 794 g/mol. The second-order valence-corrected chi connectivity index (χ2v) is 17.7. The highest BCUT2D eigenvalue weighted by Gasteiger charge is 2.40. The summed E-state index contributed by atoms with van der Waals surface area (Å²) in [6.07, 6.45) is 41.1. The predicted molar refractivity (Wildman–Crippen MR) is 236 cm³/mol. The van der Waals surface area contributed by atoms with Crippen molar-refractivity contribution < 1.29 is 28.5 Å². The number of esters is 2. The van der Waals surface area contributed by atoms with Crippen molar-refractivity contribution in [3.05, 3.63) is 0 Å². The van der Waals surface area contributed by atoms with Gasteiger partial charge in [-0.05, 0) is 78.3 Å². The van der Waals surface area contributed by atoms with E-state index in [1.165, 1.54) is 116 Å². The van der Waals surface area contributed by atoms with E-state index in [2.05, 4.69) is 39.8 Å². The van der Waals surface area contributed by atoms with E-state index >= 15 is 0 Å². The summed E-state index contributed by atoms with van der Waals surface area (Å²) in [5.41, 5.74) is 0. The molecule has 0 spiro atoms. The van der Waals surface area contributed by atoms with Gasteiger partial charge in [0.1, 0.15) is 6.10 Å². The van der Waals surface area contributed by atoms with E-state index in [9.17, 15) is 9.59 Å². The lowest BCUT2D eigenvalue weighted by Crippen LogP contribution is -2.31. The summed E-state index contributed by atoms with van der Waals surface area (Å²) in [7, 11) is 4.23. The van der Waals surface area contributed by atoms with Crippen molar-refractivity contribution in [2.75, 3.05) is 33.9 Å². The molecule has 0 aromatic rings. The van der Waals surface area contributed by atoms with Crippen molar-refractivity contribution >= 4 is 11.9 Å². The zero-order chi connectivity index (χ0) is 40.8. The number of ether oxygens (including phenoxy) is 4. The standard InChI is InChI=1S/C49H95NO6/c1-6-9-12-15-18-19-23-30-37-47(51)53-43-34-27-26-33-41-49(54-44-46(56-49)39-42-50(4)5)40-32-25-20-24-31-38-48(52)55-45(35-28-21-16-13-10-7-2)36-29-22-17-14-11-8-3/h45-46H,6-44H2,1-5H3/t46-,49-/m1/s1. The minimum Gasteiger partial charge on any atom is -0.466 e. The molecule has 7 nitrogen and oxygen atoms in total. The van der Waals surface area contributed by atoms with Gasteiger partial charge in [-0.2, -0.15) is 0 Å². The van der Waals surface area contributed by atoms with Crippen LogP contribution >= 0.6 is 0 Å². The molecule has 332 valence electrons. The van der Waals surface area contributed by atoms with Gasteiger partial charge in [-0.25, -0.2) is 0 Å². The molecule has 0 unspecified atom stereocenters. The Bertz CT molecular complexity index is 867. The Morgan fingerprint density at radius 1 is 0.571 bits per heavy atom. The summed E-state index contributed by atoms with van der Waals surface area (Å²) in [4.78, 5) is 27.2. The third-order valence-electron chi connectivity index (χ3n) is 11.8. The molecule has 0 radical (unpaired) electrons. The first kappa shape index (κ1) is 52.8. The highest BCUT2D eigenvalue weighted by atomic mass is 16.7. The van der Waals surface area contributed by atoms with E-state index in [1.54, 1.807) is 0 Å². The van der Waals surface area contributed by atoms with Crippen molar-refractivity contribution in [1.29, 1.82) is 0 Å². The highest BCUT2D eigenvalue weighted by Crippen LogP contribution is 2.35. The van der Waals surface area contributed by atoms with Crippen molar-refractivity contribution in [3.8, 4) is 0 Å². The molecular formula is C49H95NO6. The monoisotopic (exact) mass is 794 g/mol. The maximum atomic E-state index is 12.9. The zero-order valence-corrected chi connectivity index (χ0v) is 38.1. The maximum absolute atomic E-state index is 12.9. The molecule has 1 aliphatic rings. The molecule has 0 aliphatic carbocycles. The van der Waals surface area contributed by atoms with E-state index in [1.807, 2.05) is 0 Å². The average Bonchev–Trinajstić information content (AvgIpc) is 3.59. The highest BCUT2D eigenvalue weighted by molar-refractivity contribution is 5.69. The summed E-state index contributed by atoms with van der Waals surface area (Å²) in [6, 6.07) is 0. The molecule has 1 saturated heterocycles. The number of hydrogen-bond acceptors (Lipinski definition) is 7. The Morgan fingerprint density at radius 2 is 1.00 bits per heavy atom. The fourth-order valence-corrected chi connectivity index (χ4v) is 8.07. The molecule has 7 heteroatoms. The van der Waals surface area contributed by atoms with Gasteiger partial charge in [0.05, 0.1) is 19.3 Å². The lowest BCUT2D eigenvalue weighted by atomic mass is 9.99. The van der Waals surface area contributed by atoms with Crippen LogP contribution in [0.25, 0.3) is 0 Å². The van der Waals surface area contributed by atoms with Gasteiger partial charge in [0.25, 0.3) is 0 Å². The quantitative estimate of drug-likeness (QED) is 0.0450. The molecule has 1 heterocycles. The lowest BCUT2D eigenvalue weighted by molar-refractivity contribution is -0.180. The van der Waals surface area contributed by atoms with Gasteiger partial charge in [-0.3, -0.25) is 9.59 Å². The second-order valence-electron chi connectivity index (χ2n) is 17.7. The molecule has 2 atom stereocenters. The number of rotatable bonds is 42. The first-order chi connectivity index (χ1) is 27.3. The van der Waals surface area contributed by atoms with Crippen molar-refractivity contribution in [1.82, 2.24) is 4.90 Å². The first-order valence-electron chi connectivity index (χ1n) is 24.7. The Hall–Kier alpha value is -1.18. The van der Waals surface area contributed by atoms with Gasteiger partial charge < -0.3 is 23.8 Å². The van der Waals surface area contributed by atoms with E-state index in [0.29, 0.717) is 26.1 Å². The fourth-order valence-electron chi connectivity index (χ4n) is 8.07. The molecule has 56 heavy (non-hydrogen) atoms. The van der Waals surface area contributed by atoms with Crippen LogP contribution in [-0.2, 0) is 28.5 Å². The van der Waals surface area contributed by atoms with Crippen molar-refractivity contribution in [2.45, 2.75) is 270 Å². The van der Waals surface area contributed by atoms with E-state index in [-0.39, 0.29) is 24.1 Å². The van der Waals surface area contributed by atoms with E-state index < -0.39 is 5.79 Å². The van der Waals surface area contributed by atoms with Crippen LogP contribution in [0, 0.1) is 0 Å². The minimum absolute atomic E-state index is 0.0133. The van der Waals surface area contributed by atoms with Crippen LogP contribution in [0.3, 0.4) is 0 Å². The summed E-state index contributed by atoms with van der Waals surface area (Å²) in [5, 5.41) is 0. The van der Waals surface area contributed by atoms with Crippen molar-refractivity contribution in [2.24, 2.45) is 0 Å². The van der Waals surface area contributed by atoms with Gasteiger partial charge in [0, 0.05) is 32.2 Å². The summed E-state index contributed by atoms with van der Waals surface area (Å²) < 4.78 is 24.7. The van der Waals surface area contributed by atoms with Gasteiger partial charge in [-0.15, -0.1) is 0 Å². The van der Waals surface area contributed by atoms with Crippen LogP contribution in [0.2, 0.25) is 0 Å². The topological polar surface area (TPSA) is 74.3 Å². The SMILES string of the molecule is CCCCCCCCCCC(=O)OCCCCCC[C@]1(CCCCCCCC(=O)OC(CCCCCCCC)CCCCCCCC)OC[C@@H](CCN(C)C)O1. The summed E-state index contributed by atoms with van der Waals surface area (Å²) in [6.45, 7) is 9.01. The Morgan fingerprint density at radius 3 is 1.50 bits per heavy atom.